The molecule has 0 radical (unpaired) electrons. The van der Waals surface area contributed by atoms with E-state index in [-0.39, 0.29) is 12.3 Å². The molecule has 1 aliphatic carbocycles. The smallest absolute Gasteiger partial charge is 0.327 e. The Morgan fingerprint density at radius 2 is 2.00 bits per heavy atom. The van der Waals surface area contributed by atoms with Crippen LogP contribution in [0.2, 0.25) is 0 Å². The Labute approximate surface area is 125 Å². The summed E-state index contributed by atoms with van der Waals surface area (Å²) in [6.07, 6.45) is 6.56. The third kappa shape index (κ3) is 2.86. The normalized spacial score (nSPS) is 16.8. The molecule has 20 heavy (non-hydrogen) atoms. The van der Waals surface area contributed by atoms with Gasteiger partial charge in [-0.3, -0.25) is 4.79 Å². The Morgan fingerprint density at radius 3 is 2.45 bits per heavy atom. The van der Waals surface area contributed by atoms with Gasteiger partial charge >= 0.3 is 5.97 Å². The van der Waals surface area contributed by atoms with Gasteiger partial charge in [0, 0.05) is 10.9 Å². The summed E-state index contributed by atoms with van der Waals surface area (Å²) < 4.78 is 0.938. The fourth-order valence-corrected chi connectivity index (χ4v) is 2.42. The number of nitrogens with one attached hydrogen (secondary N) is 1. The molecule has 104 valence electrons. The van der Waals surface area contributed by atoms with Crippen molar-refractivity contribution in [3.05, 3.63) is 34.3 Å². The molecule has 0 saturated heterocycles. The first-order valence-corrected chi connectivity index (χ1v) is 7.02. The van der Waals surface area contributed by atoms with E-state index in [2.05, 4.69) is 27.2 Å². The fourth-order valence-electron chi connectivity index (χ4n) is 2.16. The van der Waals surface area contributed by atoms with Gasteiger partial charge in [-0.15, -0.1) is 12.3 Å². The molecule has 4 nitrogen and oxygen atoms in total. The van der Waals surface area contributed by atoms with Crippen LogP contribution in [0.4, 0.5) is 0 Å². The number of carbonyl (C=O) groups is 2. The Balaban J connectivity index is 2.14. The van der Waals surface area contributed by atoms with Crippen LogP contribution in [0, 0.1) is 12.3 Å². The maximum Gasteiger partial charge on any atom is 0.327 e. The molecule has 1 aromatic carbocycles. The lowest BCUT2D eigenvalue weighted by molar-refractivity contribution is -0.142. The van der Waals surface area contributed by atoms with Crippen molar-refractivity contribution in [1.82, 2.24) is 5.32 Å². The first kappa shape index (κ1) is 14.6. The summed E-state index contributed by atoms with van der Waals surface area (Å²) in [6, 6.07) is 6.49. The van der Waals surface area contributed by atoms with Gasteiger partial charge in [0.05, 0.1) is 5.41 Å². The van der Waals surface area contributed by atoms with Crippen molar-refractivity contribution in [3.8, 4) is 12.3 Å². The summed E-state index contributed by atoms with van der Waals surface area (Å²) in [7, 11) is 0. The van der Waals surface area contributed by atoms with Crippen molar-refractivity contribution in [2.75, 3.05) is 0 Å². The zero-order valence-corrected chi connectivity index (χ0v) is 12.3. The molecule has 0 heterocycles. The molecular formula is C15H14BrNO3. The van der Waals surface area contributed by atoms with E-state index in [9.17, 15) is 9.59 Å². The van der Waals surface area contributed by atoms with Crippen LogP contribution < -0.4 is 5.32 Å². The Morgan fingerprint density at radius 1 is 1.40 bits per heavy atom. The lowest BCUT2D eigenvalue weighted by Gasteiger charge is -2.19. The van der Waals surface area contributed by atoms with Crippen LogP contribution >= 0.6 is 15.9 Å². The minimum atomic E-state index is -1.11. The molecule has 2 rings (SSSR count). The largest absolute Gasteiger partial charge is 0.480 e. The number of terminal acetylenes is 1. The summed E-state index contributed by atoms with van der Waals surface area (Å²) in [4.78, 5) is 23.4. The third-order valence-corrected chi connectivity index (χ3v) is 4.04. The predicted octanol–water partition coefficient (Wildman–Crippen LogP) is 2.07. The molecule has 1 atom stereocenters. The average molecular weight is 336 g/mol. The minimum Gasteiger partial charge on any atom is -0.480 e. The first-order chi connectivity index (χ1) is 9.49. The fraction of sp³-hybridized carbons (Fsp3) is 0.333. The van der Waals surface area contributed by atoms with E-state index in [0.717, 1.165) is 22.9 Å². The Hall–Kier alpha value is -1.80. The first-order valence-electron chi connectivity index (χ1n) is 6.23. The van der Waals surface area contributed by atoms with Gasteiger partial charge in [0.2, 0.25) is 5.91 Å². The molecule has 1 aliphatic rings. The lowest BCUT2D eigenvalue weighted by atomic mass is 9.94. The molecule has 1 fully saturated rings. The summed E-state index contributed by atoms with van der Waals surface area (Å²) in [5, 5.41) is 11.6. The number of aliphatic carboxylic acids is 1. The van der Waals surface area contributed by atoms with Gasteiger partial charge in [0.25, 0.3) is 0 Å². The van der Waals surface area contributed by atoms with Crippen LogP contribution in [0.15, 0.2) is 28.7 Å². The highest BCUT2D eigenvalue weighted by Gasteiger charge is 2.51. The van der Waals surface area contributed by atoms with Gasteiger partial charge < -0.3 is 10.4 Å². The summed E-state index contributed by atoms with van der Waals surface area (Å²) >= 11 is 3.35. The van der Waals surface area contributed by atoms with Crippen LogP contribution in [-0.4, -0.2) is 23.0 Å². The molecule has 1 amide bonds. The van der Waals surface area contributed by atoms with E-state index in [4.69, 9.17) is 11.5 Å². The molecule has 1 saturated carbocycles. The second-order valence-electron chi connectivity index (χ2n) is 4.86. The van der Waals surface area contributed by atoms with Crippen molar-refractivity contribution in [2.45, 2.75) is 30.7 Å². The van der Waals surface area contributed by atoms with Crippen LogP contribution in [0.25, 0.3) is 0 Å². The van der Waals surface area contributed by atoms with Crippen molar-refractivity contribution in [1.29, 1.82) is 0 Å². The molecular weight excluding hydrogens is 322 g/mol. The molecule has 0 spiro atoms. The zero-order chi connectivity index (χ0) is 14.8. The van der Waals surface area contributed by atoms with E-state index in [1.54, 1.807) is 0 Å². The Bertz CT molecular complexity index is 570. The van der Waals surface area contributed by atoms with E-state index in [1.165, 1.54) is 0 Å². The lowest BCUT2D eigenvalue weighted by Crippen LogP contribution is -2.45. The van der Waals surface area contributed by atoms with Gasteiger partial charge in [-0.25, -0.2) is 4.79 Å². The summed E-state index contributed by atoms with van der Waals surface area (Å²) in [5.74, 6) is 0.902. The van der Waals surface area contributed by atoms with E-state index in [1.807, 2.05) is 24.3 Å². The second kappa shape index (κ2) is 5.68. The standard InChI is InChI=1S/C15H14BrNO3/c1-2-3-12(13(18)19)17-14(20)15(8-9-15)10-4-6-11(16)7-5-10/h1,4-7,12H,3,8-9H2,(H,17,20)(H,18,19). The Kier molecular flexibility index (Phi) is 4.15. The highest BCUT2D eigenvalue weighted by Crippen LogP contribution is 2.48. The van der Waals surface area contributed by atoms with Gasteiger partial charge in [0.15, 0.2) is 0 Å². The van der Waals surface area contributed by atoms with Crippen LogP contribution in [0.1, 0.15) is 24.8 Å². The van der Waals surface area contributed by atoms with Crippen LogP contribution in [0.3, 0.4) is 0 Å². The minimum absolute atomic E-state index is 0.0164. The maximum absolute atomic E-state index is 12.3. The molecule has 2 N–H and O–H groups in total. The highest BCUT2D eigenvalue weighted by molar-refractivity contribution is 9.10. The number of amides is 1. The van der Waals surface area contributed by atoms with Gasteiger partial charge in [-0.2, -0.15) is 0 Å². The number of carbonyl (C=O) groups excluding carboxylic acids is 1. The average Bonchev–Trinajstić information content (AvgIpc) is 3.20. The number of carboxylic acid groups (broad SMARTS) is 1. The van der Waals surface area contributed by atoms with E-state index in [0.29, 0.717) is 0 Å². The van der Waals surface area contributed by atoms with Crippen molar-refractivity contribution in [3.63, 3.8) is 0 Å². The molecule has 1 unspecified atom stereocenters. The SMILES string of the molecule is C#CCC(NC(=O)C1(c2ccc(Br)cc2)CC1)C(=O)O. The number of hydrogen-bond acceptors (Lipinski definition) is 2. The number of rotatable bonds is 5. The molecule has 5 heteroatoms. The van der Waals surface area contributed by atoms with Crippen LogP contribution in [0.5, 0.6) is 0 Å². The quantitative estimate of drug-likeness (QED) is 0.809. The monoisotopic (exact) mass is 335 g/mol. The number of hydrogen-bond donors (Lipinski definition) is 2. The molecule has 0 bridgehead atoms. The number of benzene rings is 1. The summed E-state index contributed by atoms with van der Waals surface area (Å²) in [5.41, 5.74) is 0.311. The van der Waals surface area contributed by atoms with E-state index < -0.39 is 17.4 Å². The molecule has 1 aromatic rings. The predicted molar refractivity (Wildman–Crippen MR) is 78.1 cm³/mol. The van der Waals surface area contributed by atoms with Gasteiger partial charge in [-0.05, 0) is 30.5 Å². The maximum atomic E-state index is 12.3. The molecule has 0 aromatic heterocycles. The van der Waals surface area contributed by atoms with E-state index >= 15 is 0 Å². The van der Waals surface area contributed by atoms with Crippen molar-refractivity contribution < 1.29 is 14.7 Å². The second-order valence-corrected chi connectivity index (χ2v) is 5.78. The van der Waals surface area contributed by atoms with Crippen LogP contribution in [-0.2, 0) is 15.0 Å². The third-order valence-electron chi connectivity index (χ3n) is 3.51. The number of halogens is 1. The topological polar surface area (TPSA) is 66.4 Å². The van der Waals surface area contributed by atoms with Crippen molar-refractivity contribution in [2.24, 2.45) is 0 Å². The van der Waals surface area contributed by atoms with Crippen molar-refractivity contribution >= 4 is 27.8 Å². The zero-order valence-electron chi connectivity index (χ0n) is 10.7. The highest BCUT2D eigenvalue weighted by atomic mass is 79.9. The molecule has 0 aliphatic heterocycles. The van der Waals surface area contributed by atoms with Gasteiger partial charge in [-0.1, -0.05) is 28.1 Å². The summed E-state index contributed by atoms with van der Waals surface area (Å²) in [6.45, 7) is 0. The number of carboxylic acids is 1. The van der Waals surface area contributed by atoms with Gasteiger partial charge in [0.1, 0.15) is 6.04 Å².